The minimum Gasteiger partial charge on any atom is -0.342 e. The van der Waals surface area contributed by atoms with Crippen molar-refractivity contribution in [1.82, 2.24) is 20.2 Å². The van der Waals surface area contributed by atoms with Crippen molar-refractivity contribution in [3.05, 3.63) is 64.9 Å². The Labute approximate surface area is 193 Å². The van der Waals surface area contributed by atoms with Crippen molar-refractivity contribution in [3.63, 3.8) is 0 Å². The van der Waals surface area contributed by atoms with Crippen LogP contribution in [0.25, 0.3) is 11.0 Å². The summed E-state index contributed by atoms with van der Waals surface area (Å²) >= 11 is 5.93. The van der Waals surface area contributed by atoms with E-state index in [-0.39, 0.29) is 17.7 Å². The maximum absolute atomic E-state index is 13.4. The number of nitrogens with one attached hydrogen (secondary N) is 2. The predicted octanol–water partition coefficient (Wildman–Crippen LogP) is 4.77. The van der Waals surface area contributed by atoms with Gasteiger partial charge in [0.15, 0.2) is 0 Å². The van der Waals surface area contributed by atoms with Gasteiger partial charge in [-0.15, -0.1) is 0 Å². The van der Waals surface area contributed by atoms with Crippen LogP contribution in [0.2, 0.25) is 5.02 Å². The molecule has 0 spiro atoms. The van der Waals surface area contributed by atoms with Gasteiger partial charge in [0, 0.05) is 29.6 Å². The van der Waals surface area contributed by atoms with Gasteiger partial charge in [0.25, 0.3) is 5.91 Å². The third-order valence-corrected chi connectivity index (χ3v) is 6.73. The zero-order valence-corrected chi connectivity index (χ0v) is 19.2. The number of halogens is 1. The third kappa shape index (κ3) is 4.80. The number of aromatic nitrogens is 2. The number of amides is 2. The Kier molecular flexibility index (Phi) is 6.80. The molecule has 168 valence electrons. The van der Waals surface area contributed by atoms with E-state index in [1.54, 1.807) is 24.3 Å². The van der Waals surface area contributed by atoms with Gasteiger partial charge in [-0.25, -0.2) is 4.98 Å². The van der Waals surface area contributed by atoms with Crippen molar-refractivity contribution in [2.75, 3.05) is 13.1 Å². The number of H-pyrrole nitrogens is 1. The molecule has 4 rings (SSSR count). The minimum atomic E-state index is -0.550. The molecule has 1 fully saturated rings. The number of carbonyl (C=O) groups excluding carboxylic acids is 2. The van der Waals surface area contributed by atoms with E-state index in [4.69, 9.17) is 16.6 Å². The van der Waals surface area contributed by atoms with E-state index in [0.29, 0.717) is 29.6 Å². The van der Waals surface area contributed by atoms with Crippen molar-refractivity contribution in [1.29, 1.82) is 0 Å². The Morgan fingerprint density at radius 1 is 1.16 bits per heavy atom. The number of nitrogens with zero attached hydrogens (tertiary/aromatic N) is 2. The maximum Gasteiger partial charge on any atom is 0.251 e. The number of aromatic amines is 1. The van der Waals surface area contributed by atoms with Gasteiger partial charge in [-0.2, -0.15) is 0 Å². The van der Waals surface area contributed by atoms with E-state index < -0.39 is 6.04 Å². The van der Waals surface area contributed by atoms with Crippen LogP contribution in [0.3, 0.4) is 0 Å². The molecule has 2 atom stereocenters. The van der Waals surface area contributed by atoms with Gasteiger partial charge in [0.2, 0.25) is 5.91 Å². The second-order valence-corrected chi connectivity index (χ2v) is 9.02. The molecule has 0 saturated carbocycles. The standard InChI is InChI=1S/C25H29ClN4O2/c1-3-16(2)22(29-24(31)18-8-10-19(26)11-9-18)25(32)30-14-12-17(13-15-30)23-27-20-6-4-5-7-21(20)28-23/h4-11,16-17,22H,3,12-15H2,1-2H3,(H,27,28)(H,29,31). The van der Waals surface area contributed by atoms with Crippen molar-refractivity contribution in [3.8, 4) is 0 Å². The van der Waals surface area contributed by atoms with Gasteiger partial charge in [-0.3, -0.25) is 9.59 Å². The molecule has 6 nitrogen and oxygen atoms in total. The molecule has 2 heterocycles. The highest BCUT2D eigenvalue weighted by Gasteiger charge is 2.33. The van der Waals surface area contributed by atoms with E-state index >= 15 is 0 Å². The monoisotopic (exact) mass is 452 g/mol. The normalized spacial score (nSPS) is 16.7. The molecular formula is C25H29ClN4O2. The Morgan fingerprint density at radius 3 is 2.50 bits per heavy atom. The molecule has 32 heavy (non-hydrogen) atoms. The summed E-state index contributed by atoms with van der Waals surface area (Å²) in [5.41, 5.74) is 2.52. The number of rotatable bonds is 6. The zero-order chi connectivity index (χ0) is 22.7. The van der Waals surface area contributed by atoms with E-state index in [1.807, 2.05) is 43.0 Å². The summed E-state index contributed by atoms with van der Waals surface area (Å²) in [6.45, 7) is 5.35. The van der Waals surface area contributed by atoms with Crippen LogP contribution in [-0.4, -0.2) is 45.8 Å². The minimum absolute atomic E-state index is 0.00952. The molecule has 1 aliphatic rings. The molecule has 2 N–H and O–H groups in total. The summed E-state index contributed by atoms with van der Waals surface area (Å²) in [7, 11) is 0. The smallest absolute Gasteiger partial charge is 0.251 e. The molecule has 7 heteroatoms. The summed E-state index contributed by atoms with van der Waals surface area (Å²) in [5.74, 6) is 1.07. The fourth-order valence-electron chi connectivity index (χ4n) is 4.24. The van der Waals surface area contributed by atoms with Gasteiger partial charge >= 0.3 is 0 Å². The SMILES string of the molecule is CCC(C)C(NC(=O)c1ccc(Cl)cc1)C(=O)N1CCC(c2nc3ccccc3[nH]2)CC1. The van der Waals surface area contributed by atoms with E-state index in [9.17, 15) is 9.59 Å². The molecule has 1 aromatic heterocycles. The number of hydrogen-bond acceptors (Lipinski definition) is 3. The lowest BCUT2D eigenvalue weighted by atomic mass is 9.93. The number of hydrogen-bond donors (Lipinski definition) is 2. The first-order chi connectivity index (χ1) is 15.5. The second-order valence-electron chi connectivity index (χ2n) is 8.58. The van der Waals surface area contributed by atoms with Gasteiger partial charge in [-0.1, -0.05) is 44.0 Å². The highest BCUT2D eigenvalue weighted by molar-refractivity contribution is 6.30. The van der Waals surface area contributed by atoms with Gasteiger partial charge < -0.3 is 15.2 Å². The average molecular weight is 453 g/mol. The predicted molar refractivity (Wildman–Crippen MR) is 127 cm³/mol. The number of carbonyl (C=O) groups is 2. The van der Waals surface area contributed by atoms with Gasteiger partial charge in [0.05, 0.1) is 11.0 Å². The molecule has 1 saturated heterocycles. The lowest BCUT2D eigenvalue weighted by Crippen LogP contribution is -2.53. The van der Waals surface area contributed by atoms with Crippen LogP contribution >= 0.6 is 11.6 Å². The van der Waals surface area contributed by atoms with Crippen LogP contribution < -0.4 is 5.32 Å². The van der Waals surface area contributed by atoms with Crippen molar-refractivity contribution in [2.24, 2.45) is 5.92 Å². The van der Waals surface area contributed by atoms with Gasteiger partial charge in [-0.05, 0) is 55.2 Å². The summed E-state index contributed by atoms with van der Waals surface area (Å²) in [5, 5.41) is 3.54. The van der Waals surface area contributed by atoms with Crippen molar-refractivity contribution >= 4 is 34.4 Å². The topological polar surface area (TPSA) is 78.1 Å². The summed E-state index contributed by atoms with van der Waals surface area (Å²) < 4.78 is 0. The van der Waals surface area contributed by atoms with Crippen LogP contribution in [0.1, 0.15) is 55.2 Å². The summed E-state index contributed by atoms with van der Waals surface area (Å²) in [6.07, 6.45) is 2.50. The van der Waals surface area contributed by atoms with Crippen LogP contribution in [0.4, 0.5) is 0 Å². The van der Waals surface area contributed by atoms with Crippen LogP contribution in [-0.2, 0) is 4.79 Å². The summed E-state index contributed by atoms with van der Waals surface area (Å²) in [4.78, 5) is 36.2. The molecule has 0 bridgehead atoms. The molecule has 0 aliphatic carbocycles. The maximum atomic E-state index is 13.4. The molecule has 2 amide bonds. The van der Waals surface area contributed by atoms with Crippen molar-refractivity contribution in [2.45, 2.75) is 45.1 Å². The van der Waals surface area contributed by atoms with E-state index in [0.717, 1.165) is 36.1 Å². The fraction of sp³-hybridized carbons (Fsp3) is 0.400. The Bertz CT molecular complexity index is 1050. The van der Waals surface area contributed by atoms with Gasteiger partial charge in [0.1, 0.15) is 11.9 Å². The number of likely N-dealkylation sites (tertiary alicyclic amines) is 1. The zero-order valence-electron chi connectivity index (χ0n) is 18.5. The number of imidazole rings is 1. The lowest BCUT2D eigenvalue weighted by molar-refractivity contribution is -0.135. The first kappa shape index (κ1) is 22.3. The Hall–Kier alpha value is -2.86. The van der Waals surface area contributed by atoms with Crippen LogP contribution in [0.5, 0.6) is 0 Å². The lowest BCUT2D eigenvalue weighted by Gasteiger charge is -2.35. The number of benzene rings is 2. The Balaban J connectivity index is 1.41. The van der Waals surface area contributed by atoms with Crippen molar-refractivity contribution < 1.29 is 9.59 Å². The molecule has 3 aromatic rings. The van der Waals surface area contributed by atoms with Crippen LogP contribution in [0, 0.1) is 5.92 Å². The molecule has 2 unspecified atom stereocenters. The van der Waals surface area contributed by atoms with E-state index in [1.165, 1.54) is 0 Å². The van der Waals surface area contributed by atoms with E-state index in [2.05, 4.69) is 10.3 Å². The third-order valence-electron chi connectivity index (χ3n) is 6.47. The van der Waals surface area contributed by atoms with Crippen LogP contribution in [0.15, 0.2) is 48.5 Å². The molecular weight excluding hydrogens is 424 g/mol. The fourth-order valence-corrected chi connectivity index (χ4v) is 4.37. The second kappa shape index (κ2) is 9.74. The highest BCUT2D eigenvalue weighted by Crippen LogP contribution is 2.28. The molecule has 0 radical (unpaired) electrons. The number of fused-ring (bicyclic) bond motifs is 1. The quantitative estimate of drug-likeness (QED) is 0.565. The molecule has 1 aliphatic heterocycles. The Morgan fingerprint density at radius 2 is 1.84 bits per heavy atom. The highest BCUT2D eigenvalue weighted by atomic mass is 35.5. The first-order valence-electron chi connectivity index (χ1n) is 11.3. The number of piperidine rings is 1. The average Bonchev–Trinajstić information content (AvgIpc) is 3.26. The number of para-hydroxylation sites is 2. The molecule has 2 aromatic carbocycles. The first-order valence-corrected chi connectivity index (χ1v) is 11.6. The largest absolute Gasteiger partial charge is 0.342 e. The summed E-state index contributed by atoms with van der Waals surface area (Å²) in [6, 6.07) is 14.2.